The number of pyridine rings is 1. The molecule has 0 saturated heterocycles. The van der Waals surface area contributed by atoms with Gasteiger partial charge < -0.3 is 15.0 Å². The summed E-state index contributed by atoms with van der Waals surface area (Å²) in [6, 6.07) is 15.2. The molecule has 0 fully saturated rings. The van der Waals surface area contributed by atoms with Gasteiger partial charge in [-0.1, -0.05) is 24.3 Å². The van der Waals surface area contributed by atoms with Gasteiger partial charge in [-0.25, -0.2) is 0 Å². The van der Waals surface area contributed by atoms with Crippen molar-refractivity contribution in [3.63, 3.8) is 0 Å². The van der Waals surface area contributed by atoms with E-state index in [0.717, 1.165) is 16.5 Å². The number of carbonyl (C=O) groups excluding carboxylic acids is 1. The Morgan fingerprint density at radius 3 is 2.79 bits per heavy atom. The molecule has 2 heterocycles. The van der Waals surface area contributed by atoms with Crippen molar-refractivity contribution in [3.05, 3.63) is 70.0 Å². The summed E-state index contributed by atoms with van der Waals surface area (Å²) in [6.45, 7) is 1.71. The topological polar surface area (TPSA) is 71.2 Å². The number of nitrogens with one attached hydrogen (secondary N) is 2. The number of carbonyl (C=O) groups is 1. The second kappa shape index (κ2) is 5.53. The third-order valence-corrected chi connectivity index (χ3v) is 4.20. The van der Waals surface area contributed by atoms with Gasteiger partial charge in [-0.15, -0.1) is 0 Å². The normalized spacial score (nSPS) is 16.4. The summed E-state index contributed by atoms with van der Waals surface area (Å²) < 4.78 is 5.55. The van der Waals surface area contributed by atoms with Gasteiger partial charge in [0.2, 0.25) is 0 Å². The third kappa shape index (κ3) is 2.54. The van der Waals surface area contributed by atoms with Crippen LogP contribution in [0.3, 0.4) is 0 Å². The largest absolute Gasteiger partial charge is 0.479 e. The lowest BCUT2D eigenvalue weighted by molar-refractivity contribution is -0.122. The molecule has 0 spiro atoms. The Balaban J connectivity index is 1.69. The Labute approximate surface area is 138 Å². The molecule has 2 N–H and O–H groups in total. The molecule has 2 aromatic carbocycles. The van der Waals surface area contributed by atoms with Crippen molar-refractivity contribution >= 4 is 22.5 Å². The molecule has 1 aliphatic rings. The van der Waals surface area contributed by atoms with Crippen LogP contribution in [-0.4, -0.2) is 17.0 Å². The molecule has 0 unspecified atom stereocenters. The molecule has 1 aromatic heterocycles. The fraction of sp³-hybridized carbons (Fsp3) is 0.158. The maximum Gasteiger partial charge on any atom is 0.265 e. The molecule has 4 rings (SSSR count). The highest BCUT2D eigenvalue weighted by molar-refractivity contribution is 5.97. The zero-order chi connectivity index (χ0) is 16.7. The van der Waals surface area contributed by atoms with E-state index in [1.807, 2.05) is 48.5 Å². The van der Waals surface area contributed by atoms with E-state index in [-0.39, 0.29) is 11.5 Å². The molecule has 24 heavy (non-hydrogen) atoms. The summed E-state index contributed by atoms with van der Waals surface area (Å²) in [6.07, 6.45) is -0.00882. The highest BCUT2D eigenvalue weighted by Gasteiger charge is 2.23. The van der Waals surface area contributed by atoms with E-state index >= 15 is 0 Å². The number of hydrogen-bond donors (Lipinski definition) is 2. The number of benzene rings is 2. The molecule has 5 nitrogen and oxygen atoms in total. The van der Waals surface area contributed by atoms with Crippen molar-refractivity contribution in [2.45, 2.75) is 19.4 Å². The Morgan fingerprint density at radius 1 is 1.08 bits per heavy atom. The molecule has 5 heteroatoms. The zero-order valence-electron chi connectivity index (χ0n) is 13.1. The van der Waals surface area contributed by atoms with Gasteiger partial charge in [0.05, 0.1) is 5.69 Å². The number of aromatic amines is 1. The monoisotopic (exact) mass is 320 g/mol. The van der Waals surface area contributed by atoms with Crippen LogP contribution in [0.1, 0.15) is 18.1 Å². The Hall–Kier alpha value is -3.08. The average molecular weight is 320 g/mol. The van der Waals surface area contributed by atoms with Crippen LogP contribution in [0.2, 0.25) is 0 Å². The summed E-state index contributed by atoms with van der Waals surface area (Å²) in [4.78, 5) is 26.9. The number of hydrogen-bond acceptors (Lipinski definition) is 3. The van der Waals surface area contributed by atoms with Crippen LogP contribution in [0.4, 0.5) is 5.69 Å². The van der Waals surface area contributed by atoms with Gasteiger partial charge in [-0.2, -0.15) is 0 Å². The summed E-state index contributed by atoms with van der Waals surface area (Å²) in [5.41, 5.74) is 3.00. The first-order valence-electron chi connectivity index (χ1n) is 7.81. The molecule has 120 valence electrons. The number of amides is 1. The number of ether oxygens (including phenoxy) is 1. The molecule has 3 aromatic rings. The Morgan fingerprint density at radius 2 is 1.92 bits per heavy atom. The molecule has 0 saturated carbocycles. The highest BCUT2D eigenvalue weighted by atomic mass is 16.5. The second-order valence-electron chi connectivity index (χ2n) is 5.97. The number of anilines is 1. The smallest absolute Gasteiger partial charge is 0.265 e. The predicted octanol–water partition coefficient (Wildman–Crippen LogP) is 2.84. The maximum atomic E-state index is 12.3. The van der Waals surface area contributed by atoms with Gasteiger partial charge in [0.15, 0.2) is 6.10 Å². The van der Waals surface area contributed by atoms with Crippen molar-refractivity contribution < 1.29 is 9.53 Å². The fourth-order valence-corrected chi connectivity index (χ4v) is 2.91. The summed E-state index contributed by atoms with van der Waals surface area (Å²) >= 11 is 0. The van der Waals surface area contributed by atoms with Crippen molar-refractivity contribution in [1.29, 1.82) is 0 Å². The quantitative estimate of drug-likeness (QED) is 0.763. The fourth-order valence-electron chi connectivity index (χ4n) is 2.91. The summed E-state index contributed by atoms with van der Waals surface area (Å²) in [7, 11) is 0. The molecule has 0 radical (unpaired) electrons. The van der Waals surface area contributed by atoms with Crippen LogP contribution in [0.25, 0.3) is 10.9 Å². The van der Waals surface area contributed by atoms with E-state index in [4.69, 9.17) is 4.74 Å². The van der Waals surface area contributed by atoms with Crippen molar-refractivity contribution in [3.8, 4) is 5.75 Å². The van der Waals surface area contributed by atoms with E-state index < -0.39 is 6.10 Å². The minimum Gasteiger partial charge on any atom is -0.479 e. The molecule has 1 aliphatic heterocycles. The van der Waals surface area contributed by atoms with Gasteiger partial charge >= 0.3 is 0 Å². The average Bonchev–Trinajstić information content (AvgIpc) is 2.57. The Bertz CT molecular complexity index is 1010. The van der Waals surface area contributed by atoms with E-state index in [2.05, 4.69) is 10.3 Å². The van der Waals surface area contributed by atoms with Crippen molar-refractivity contribution in [2.24, 2.45) is 0 Å². The van der Waals surface area contributed by atoms with Crippen LogP contribution < -0.4 is 15.6 Å². The lowest BCUT2D eigenvalue weighted by Crippen LogP contribution is -2.34. The Kier molecular flexibility index (Phi) is 3.34. The van der Waals surface area contributed by atoms with Crippen LogP contribution in [0.5, 0.6) is 5.75 Å². The molecule has 1 atom stereocenters. The van der Waals surface area contributed by atoms with Gasteiger partial charge in [0.25, 0.3) is 11.5 Å². The van der Waals surface area contributed by atoms with Crippen LogP contribution >= 0.6 is 0 Å². The van der Waals surface area contributed by atoms with Gasteiger partial charge in [0, 0.05) is 17.5 Å². The zero-order valence-corrected chi connectivity index (χ0v) is 13.1. The first-order chi connectivity index (χ1) is 11.6. The van der Waals surface area contributed by atoms with Crippen LogP contribution in [0.15, 0.2) is 53.3 Å². The molecular weight excluding hydrogens is 304 g/mol. The minimum absolute atomic E-state index is 0.0969. The SMILES string of the molecule is C[C@@H]1Oc2ccc(Cc3cc4ccccc4[nH]c3=O)cc2NC1=O. The van der Waals surface area contributed by atoms with Crippen molar-refractivity contribution in [2.75, 3.05) is 5.32 Å². The van der Waals surface area contributed by atoms with E-state index in [0.29, 0.717) is 23.4 Å². The van der Waals surface area contributed by atoms with E-state index in [1.54, 1.807) is 6.92 Å². The molecular formula is C19H16N2O3. The standard InChI is InChI=1S/C19H16N2O3/c1-11-18(22)21-16-9-12(6-7-17(16)24-11)8-14-10-13-4-2-3-5-15(13)20-19(14)23/h2-7,9-11H,8H2,1H3,(H,20,23)(H,21,22)/t11-/m0/s1. The number of fused-ring (bicyclic) bond motifs is 2. The maximum absolute atomic E-state index is 12.3. The predicted molar refractivity (Wildman–Crippen MR) is 92.5 cm³/mol. The second-order valence-corrected chi connectivity index (χ2v) is 5.97. The number of para-hydroxylation sites is 1. The first kappa shape index (κ1) is 14.5. The van der Waals surface area contributed by atoms with E-state index in [1.165, 1.54) is 0 Å². The lowest BCUT2D eigenvalue weighted by atomic mass is 10.0. The van der Waals surface area contributed by atoms with Gasteiger partial charge in [-0.05, 0) is 42.1 Å². The van der Waals surface area contributed by atoms with Crippen LogP contribution in [-0.2, 0) is 11.2 Å². The minimum atomic E-state index is -0.494. The lowest BCUT2D eigenvalue weighted by Gasteiger charge is -2.23. The third-order valence-electron chi connectivity index (χ3n) is 4.20. The number of rotatable bonds is 2. The highest BCUT2D eigenvalue weighted by Crippen LogP contribution is 2.31. The van der Waals surface area contributed by atoms with E-state index in [9.17, 15) is 9.59 Å². The first-order valence-corrected chi connectivity index (χ1v) is 7.81. The molecule has 0 bridgehead atoms. The van der Waals surface area contributed by atoms with Crippen molar-refractivity contribution in [1.82, 2.24) is 4.98 Å². The summed E-state index contributed by atoms with van der Waals surface area (Å²) in [5.74, 6) is 0.487. The summed E-state index contributed by atoms with van der Waals surface area (Å²) in [5, 5.41) is 3.83. The van der Waals surface area contributed by atoms with Gasteiger partial charge in [0.1, 0.15) is 5.75 Å². The number of H-pyrrole nitrogens is 1. The van der Waals surface area contributed by atoms with Crippen LogP contribution in [0, 0.1) is 0 Å². The number of aromatic nitrogens is 1. The molecule has 0 aliphatic carbocycles. The van der Waals surface area contributed by atoms with Gasteiger partial charge in [-0.3, -0.25) is 9.59 Å². The molecule has 1 amide bonds.